The van der Waals surface area contributed by atoms with E-state index in [1.54, 1.807) is 6.07 Å². The van der Waals surface area contributed by atoms with Crippen molar-refractivity contribution in [2.75, 3.05) is 11.9 Å². The van der Waals surface area contributed by atoms with Crippen LogP contribution in [0.5, 0.6) is 0 Å². The lowest BCUT2D eigenvalue weighted by atomic mass is 9.77. The number of nitrogens with one attached hydrogen (secondary N) is 2. The van der Waals surface area contributed by atoms with E-state index in [0.717, 1.165) is 34.4 Å². The maximum Gasteiger partial charge on any atom is 0.243 e. The summed E-state index contributed by atoms with van der Waals surface area (Å²) in [7, 11) is -4.12. The molecule has 0 fully saturated rings. The van der Waals surface area contributed by atoms with Crippen LogP contribution in [0.4, 0.5) is 5.69 Å². The number of hydrogen-bond acceptors (Lipinski definition) is 6. The van der Waals surface area contributed by atoms with Crippen molar-refractivity contribution in [1.29, 1.82) is 0 Å². The predicted octanol–water partition coefficient (Wildman–Crippen LogP) is 4.75. The quantitative estimate of drug-likeness (QED) is 0.192. The number of rotatable bonds is 12. The number of anilines is 1. The molecule has 236 valence electrons. The number of imidazole rings is 1. The molecule has 1 aliphatic heterocycles. The van der Waals surface area contributed by atoms with Crippen LogP contribution in [-0.4, -0.2) is 36.5 Å². The number of para-hydroxylation sites is 1. The normalized spacial score (nSPS) is 15.5. The van der Waals surface area contributed by atoms with Crippen molar-refractivity contribution in [3.63, 3.8) is 0 Å². The van der Waals surface area contributed by atoms with Gasteiger partial charge >= 0.3 is 0 Å². The molecule has 0 aliphatic carbocycles. The summed E-state index contributed by atoms with van der Waals surface area (Å²) in [4.78, 5) is 16.9. The Kier molecular flexibility index (Phi) is 9.05. The van der Waals surface area contributed by atoms with E-state index in [2.05, 4.69) is 57.9 Å². The molecule has 0 radical (unpaired) electrons. The van der Waals surface area contributed by atoms with Crippen LogP contribution in [0.15, 0.2) is 127 Å². The first-order chi connectivity index (χ1) is 22.3. The van der Waals surface area contributed by atoms with Gasteiger partial charge in [-0.15, -0.1) is 0 Å². The van der Waals surface area contributed by atoms with Gasteiger partial charge in [0.15, 0.2) is 0 Å². The smallest absolute Gasteiger partial charge is 0.243 e. The van der Waals surface area contributed by atoms with Crippen LogP contribution in [0.25, 0.3) is 0 Å². The number of carboxylic acid groups (broad SMARTS) is 1. The largest absolute Gasteiger partial charge is 0.548 e. The fourth-order valence-electron chi connectivity index (χ4n) is 6.52. The minimum Gasteiger partial charge on any atom is -0.548 e. The lowest BCUT2D eigenvalue weighted by Gasteiger charge is -2.37. The molecule has 0 spiro atoms. The number of nitrogens with zero attached hydrogens (tertiary/aromatic N) is 2. The lowest BCUT2D eigenvalue weighted by Crippen LogP contribution is -2.48. The molecule has 9 heteroatoms. The summed E-state index contributed by atoms with van der Waals surface area (Å²) in [6.07, 6.45) is 5.45. The molecule has 5 aromatic rings. The maximum atomic E-state index is 13.4. The molecule has 2 N–H and O–H groups in total. The Bertz CT molecular complexity index is 1800. The third-order valence-electron chi connectivity index (χ3n) is 8.70. The second-order valence-corrected chi connectivity index (χ2v) is 13.6. The summed E-state index contributed by atoms with van der Waals surface area (Å²) in [6, 6.07) is 34.5. The van der Waals surface area contributed by atoms with Crippen LogP contribution in [-0.2, 0) is 33.2 Å². The fourth-order valence-corrected chi connectivity index (χ4v) is 7.96. The van der Waals surface area contributed by atoms with E-state index in [4.69, 9.17) is 4.98 Å². The Morgan fingerprint density at radius 1 is 0.935 bits per heavy atom. The van der Waals surface area contributed by atoms with Gasteiger partial charge in [0.05, 0.1) is 29.7 Å². The monoisotopic (exact) mass is 633 g/mol. The topological polar surface area (TPSA) is 116 Å². The third-order valence-corrected chi connectivity index (χ3v) is 10.2. The van der Waals surface area contributed by atoms with Gasteiger partial charge in [0.1, 0.15) is 10.4 Å². The molecular weight excluding hydrogens is 596 g/mol. The predicted molar refractivity (Wildman–Crippen MR) is 177 cm³/mol. The average molecular weight is 634 g/mol. The van der Waals surface area contributed by atoms with Crippen molar-refractivity contribution < 1.29 is 18.3 Å². The number of carbonyl (C=O) groups excluding carboxylic acids is 1. The molecule has 0 amide bonds. The average Bonchev–Trinajstić information content (AvgIpc) is 3.54. The zero-order valence-electron chi connectivity index (χ0n) is 25.7. The number of sulfonamides is 1. The summed E-state index contributed by atoms with van der Waals surface area (Å²) in [5, 5.41) is 15.3. The van der Waals surface area contributed by atoms with Crippen LogP contribution in [0.1, 0.15) is 47.7 Å². The van der Waals surface area contributed by atoms with E-state index in [-0.39, 0.29) is 11.3 Å². The van der Waals surface area contributed by atoms with Gasteiger partial charge in [-0.25, -0.2) is 18.1 Å². The van der Waals surface area contributed by atoms with Crippen LogP contribution < -0.4 is 15.1 Å². The zero-order chi connectivity index (χ0) is 32.1. The van der Waals surface area contributed by atoms with Crippen molar-refractivity contribution in [1.82, 2.24) is 14.3 Å². The third kappa shape index (κ3) is 6.21. The molecule has 1 aromatic heterocycles. The maximum absolute atomic E-state index is 13.4. The van der Waals surface area contributed by atoms with Crippen LogP contribution in [0.3, 0.4) is 0 Å². The van der Waals surface area contributed by atoms with Gasteiger partial charge < -0.3 is 19.8 Å². The van der Waals surface area contributed by atoms with Crippen molar-refractivity contribution in [3.05, 3.63) is 150 Å². The number of aliphatic carboxylic acids is 1. The molecule has 2 unspecified atom stereocenters. The molecular formula is C37H37N4O4S-. The number of aryl methyl sites for hydroxylation is 1. The number of benzene rings is 4. The van der Waals surface area contributed by atoms with Gasteiger partial charge in [0.25, 0.3) is 0 Å². The van der Waals surface area contributed by atoms with Crippen LogP contribution in [0, 0.1) is 5.92 Å². The SMILES string of the molecule is CC1CNc2c(cccc2S(=O)(=O)NC(CCCc2cn(C(c3ccccc3)(c3ccccc3)c3ccccc3)cn2)C(=O)[O-])C1. The highest BCUT2D eigenvalue weighted by Gasteiger charge is 2.38. The number of carbonyl (C=O) groups is 1. The van der Waals surface area contributed by atoms with E-state index >= 15 is 0 Å². The molecule has 6 rings (SSSR count). The Labute approximate surface area is 270 Å². The highest BCUT2D eigenvalue weighted by Crippen LogP contribution is 2.41. The minimum absolute atomic E-state index is 0.0507. The summed E-state index contributed by atoms with van der Waals surface area (Å²) < 4.78 is 31.3. The van der Waals surface area contributed by atoms with Crippen molar-refractivity contribution in [3.8, 4) is 0 Å². The van der Waals surface area contributed by atoms with E-state index in [0.29, 0.717) is 31.0 Å². The molecule has 0 saturated heterocycles. The van der Waals surface area contributed by atoms with Gasteiger partial charge in [-0.05, 0) is 59.9 Å². The first kappa shape index (κ1) is 31.3. The Morgan fingerprint density at radius 3 is 2.09 bits per heavy atom. The number of aromatic nitrogens is 2. The van der Waals surface area contributed by atoms with Gasteiger partial charge in [-0.2, -0.15) is 0 Å². The lowest BCUT2D eigenvalue weighted by molar-refractivity contribution is -0.308. The van der Waals surface area contributed by atoms with Crippen molar-refractivity contribution in [2.24, 2.45) is 5.92 Å². The van der Waals surface area contributed by atoms with Crippen molar-refractivity contribution >= 4 is 21.7 Å². The summed E-state index contributed by atoms with van der Waals surface area (Å²) in [5.41, 5.74) is 4.69. The summed E-state index contributed by atoms with van der Waals surface area (Å²) in [5.74, 6) is -1.09. The number of fused-ring (bicyclic) bond motifs is 1. The summed E-state index contributed by atoms with van der Waals surface area (Å²) in [6.45, 7) is 2.74. The molecule has 2 heterocycles. The fraction of sp³-hybridized carbons (Fsp3) is 0.243. The minimum atomic E-state index is -4.12. The van der Waals surface area contributed by atoms with Crippen LogP contribution in [0.2, 0.25) is 0 Å². The number of hydrogen-bond donors (Lipinski definition) is 2. The molecule has 2 atom stereocenters. The van der Waals surface area contributed by atoms with Crippen molar-refractivity contribution in [2.45, 2.75) is 49.1 Å². The van der Waals surface area contributed by atoms with Crippen LogP contribution >= 0.6 is 0 Å². The molecule has 46 heavy (non-hydrogen) atoms. The second kappa shape index (κ2) is 13.3. The Balaban J connectivity index is 1.24. The highest BCUT2D eigenvalue weighted by atomic mass is 32.2. The van der Waals surface area contributed by atoms with Gasteiger partial charge in [0, 0.05) is 12.7 Å². The molecule has 4 aromatic carbocycles. The Hall–Kier alpha value is -4.73. The van der Waals surface area contributed by atoms with E-state index in [9.17, 15) is 18.3 Å². The van der Waals surface area contributed by atoms with Gasteiger partial charge in [-0.3, -0.25) is 0 Å². The second-order valence-electron chi connectivity index (χ2n) is 11.9. The van der Waals surface area contributed by atoms with Gasteiger partial charge in [-0.1, -0.05) is 110 Å². The van der Waals surface area contributed by atoms with E-state index in [1.807, 2.05) is 73.2 Å². The Morgan fingerprint density at radius 2 is 1.52 bits per heavy atom. The molecule has 1 aliphatic rings. The molecule has 0 bridgehead atoms. The standard InChI is InChI=1S/C37H38N4O4S/c1-27-23-28-13-11-22-34(35(28)38-24-27)46(44,45)40-33(36(42)43)21-12-20-32-25-41(26-39-32)37(29-14-5-2-6-15-29,30-16-7-3-8-17-30)31-18-9-4-10-19-31/h2-11,13-19,22,25-27,33,38,40H,12,20-21,23-24H2,1H3,(H,42,43)/p-1. The van der Waals surface area contributed by atoms with Gasteiger partial charge in [0.2, 0.25) is 10.0 Å². The number of carboxylic acids is 1. The molecule has 0 saturated carbocycles. The van der Waals surface area contributed by atoms with E-state index < -0.39 is 27.6 Å². The first-order valence-corrected chi connectivity index (χ1v) is 17.1. The zero-order valence-corrected chi connectivity index (χ0v) is 26.5. The summed E-state index contributed by atoms with van der Waals surface area (Å²) >= 11 is 0. The first-order valence-electron chi connectivity index (χ1n) is 15.6. The highest BCUT2D eigenvalue weighted by molar-refractivity contribution is 7.89. The van der Waals surface area contributed by atoms with E-state index in [1.165, 1.54) is 6.07 Å². The molecule has 8 nitrogen and oxygen atoms in total.